The quantitative estimate of drug-likeness (QED) is 0.744. The Morgan fingerprint density at radius 3 is 2.75 bits per heavy atom. The number of allylic oxidation sites excluding steroid dienone is 4. The molecule has 0 aromatic heterocycles. The number of hydrogen-bond acceptors (Lipinski definition) is 3. The third kappa shape index (κ3) is 2.82. The van der Waals surface area contributed by atoms with Gasteiger partial charge in [0, 0.05) is 11.8 Å². The van der Waals surface area contributed by atoms with Crippen LogP contribution in [0.2, 0.25) is 0 Å². The molecule has 0 aromatic carbocycles. The molecule has 4 rings (SSSR count). The van der Waals surface area contributed by atoms with Crippen LogP contribution < -0.4 is 0 Å². The Bertz CT molecular complexity index is 750. The molecule has 4 aliphatic rings. The summed E-state index contributed by atoms with van der Waals surface area (Å²) in [6, 6.07) is 0. The van der Waals surface area contributed by atoms with Crippen LogP contribution in [0.1, 0.15) is 72.1 Å². The van der Waals surface area contributed by atoms with E-state index in [-0.39, 0.29) is 41.5 Å². The van der Waals surface area contributed by atoms with Gasteiger partial charge in [-0.2, -0.15) is 0 Å². The molecule has 0 aliphatic heterocycles. The van der Waals surface area contributed by atoms with E-state index >= 15 is 0 Å². The Hall–Kier alpha value is -1.42. The van der Waals surface area contributed by atoms with Gasteiger partial charge in [-0.15, -0.1) is 0 Å². The topological polar surface area (TPSA) is 74.6 Å². The van der Waals surface area contributed by atoms with E-state index in [2.05, 4.69) is 26.8 Å². The summed E-state index contributed by atoms with van der Waals surface area (Å²) in [6.45, 7) is 6.57. The van der Waals surface area contributed by atoms with Gasteiger partial charge < -0.3 is 10.2 Å². The van der Waals surface area contributed by atoms with Gasteiger partial charge >= 0.3 is 5.97 Å². The van der Waals surface area contributed by atoms with E-state index in [1.165, 1.54) is 11.1 Å². The SMILES string of the molecule is C[C@H](CCC(=O)O)[C@@H]1CC[C@@H]2C3=CC[C@@H]4C[C@H](O)CC[C@]4(C)C3=CC(=O)[C@]21C. The van der Waals surface area contributed by atoms with Crippen molar-refractivity contribution in [2.75, 3.05) is 0 Å². The highest BCUT2D eigenvalue weighted by Gasteiger charge is 2.58. The van der Waals surface area contributed by atoms with Crippen LogP contribution in [-0.2, 0) is 9.59 Å². The Morgan fingerprint density at radius 1 is 1.29 bits per heavy atom. The molecule has 0 aromatic rings. The van der Waals surface area contributed by atoms with E-state index in [1.807, 2.05) is 6.08 Å². The molecule has 2 fully saturated rings. The first-order valence-electron chi connectivity index (χ1n) is 11.0. The van der Waals surface area contributed by atoms with E-state index < -0.39 is 11.4 Å². The Kier molecular flexibility index (Phi) is 4.85. The lowest BCUT2D eigenvalue weighted by molar-refractivity contribution is -0.137. The van der Waals surface area contributed by atoms with Crippen LogP contribution in [0, 0.1) is 34.5 Å². The number of hydrogen-bond donors (Lipinski definition) is 2. The van der Waals surface area contributed by atoms with Crippen LogP contribution in [-0.4, -0.2) is 28.1 Å². The average molecular weight is 387 g/mol. The highest BCUT2D eigenvalue weighted by Crippen LogP contribution is 2.63. The zero-order chi connectivity index (χ0) is 20.3. The van der Waals surface area contributed by atoms with Crippen molar-refractivity contribution < 1.29 is 19.8 Å². The van der Waals surface area contributed by atoms with Crippen molar-refractivity contribution in [2.24, 2.45) is 34.5 Å². The molecule has 28 heavy (non-hydrogen) atoms. The molecule has 0 radical (unpaired) electrons. The normalized spacial score (nSPS) is 43.4. The maximum atomic E-state index is 13.5. The number of rotatable bonds is 4. The van der Waals surface area contributed by atoms with Gasteiger partial charge in [0.2, 0.25) is 0 Å². The number of aliphatic hydroxyl groups is 1. The summed E-state index contributed by atoms with van der Waals surface area (Å²) in [6.07, 6.45) is 10.6. The van der Waals surface area contributed by atoms with E-state index in [4.69, 9.17) is 5.11 Å². The van der Waals surface area contributed by atoms with Crippen molar-refractivity contribution in [3.05, 3.63) is 23.3 Å². The molecule has 2 N–H and O–H groups in total. The second-order valence-electron chi connectivity index (χ2n) is 10.3. The van der Waals surface area contributed by atoms with Crippen molar-refractivity contribution in [1.29, 1.82) is 0 Å². The first-order valence-corrected chi connectivity index (χ1v) is 11.0. The molecule has 4 aliphatic carbocycles. The molecular weight excluding hydrogens is 352 g/mol. The predicted molar refractivity (Wildman–Crippen MR) is 108 cm³/mol. The molecule has 0 bridgehead atoms. The number of carbonyl (C=O) groups excluding carboxylic acids is 1. The molecule has 0 unspecified atom stereocenters. The molecule has 0 saturated heterocycles. The van der Waals surface area contributed by atoms with Gasteiger partial charge in [-0.3, -0.25) is 9.59 Å². The Balaban J connectivity index is 1.66. The number of aliphatic hydroxyl groups excluding tert-OH is 1. The highest BCUT2D eigenvalue weighted by atomic mass is 16.4. The molecule has 0 heterocycles. The van der Waals surface area contributed by atoms with Crippen molar-refractivity contribution in [3.63, 3.8) is 0 Å². The van der Waals surface area contributed by atoms with E-state index in [9.17, 15) is 14.7 Å². The number of carbonyl (C=O) groups is 2. The molecular formula is C24H34O4. The minimum Gasteiger partial charge on any atom is -0.481 e. The number of aliphatic carboxylic acids is 1. The smallest absolute Gasteiger partial charge is 0.303 e. The molecule has 4 heteroatoms. The molecule has 4 nitrogen and oxygen atoms in total. The summed E-state index contributed by atoms with van der Waals surface area (Å²) in [7, 11) is 0. The summed E-state index contributed by atoms with van der Waals surface area (Å²) >= 11 is 0. The highest BCUT2D eigenvalue weighted by molar-refractivity contribution is 5.99. The Labute approximate surface area is 168 Å². The first-order chi connectivity index (χ1) is 13.2. The van der Waals surface area contributed by atoms with Crippen LogP contribution in [0.15, 0.2) is 23.3 Å². The molecule has 154 valence electrons. The molecule has 0 spiro atoms. The maximum absolute atomic E-state index is 13.5. The van der Waals surface area contributed by atoms with Crippen LogP contribution >= 0.6 is 0 Å². The van der Waals surface area contributed by atoms with Crippen molar-refractivity contribution in [2.45, 2.75) is 78.2 Å². The van der Waals surface area contributed by atoms with Gasteiger partial charge in [-0.1, -0.05) is 26.8 Å². The third-order valence-corrected chi connectivity index (χ3v) is 8.95. The van der Waals surface area contributed by atoms with Crippen molar-refractivity contribution in [3.8, 4) is 0 Å². The van der Waals surface area contributed by atoms with Crippen molar-refractivity contribution in [1.82, 2.24) is 0 Å². The van der Waals surface area contributed by atoms with Crippen LogP contribution in [0.4, 0.5) is 0 Å². The fourth-order valence-electron chi connectivity index (χ4n) is 7.13. The van der Waals surface area contributed by atoms with Crippen LogP contribution in [0.5, 0.6) is 0 Å². The summed E-state index contributed by atoms with van der Waals surface area (Å²) < 4.78 is 0. The minimum absolute atomic E-state index is 0.00726. The van der Waals surface area contributed by atoms with E-state index in [1.54, 1.807) is 0 Å². The average Bonchev–Trinajstić information content (AvgIpc) is 3.00. The minimum atomic E-state index is -0.753. The third-order valence-electron chi connectivity index (χ3n) is 8.95. The van der Waals surface area contributed by atoms with Crippen LogP contribution in [0.25, 0.3) is 0 Å². The lowest BCUT2D eigenvalue weighted by atomic mass is 9.51. The summed E-state index contributed by atoms with van der Waals surface area (Å²) in [5, 5.41) is 19.2. The van der Waals surface area contributed by atoms with Gasteiger partial charge in [0.15, 0.2) is 5.78 Å². The van der Waals surface area contributed by atoms with E-state index in [0.29, 0.717) is 12.3 Å². The van der Waals surface area contributed by atoms with Gasteiger partial charge in [-0.05, 0) is 91.3 Å². The molecule has 7 atom stereocenters. The predicted octanol–water partition coefficient (Wildman–Crippen LogP) is 4.53. The van der Waals surface area contributed by atoms with Gasteiger partial charge in [0.05, 0.1) is 6.10 Å². The van der Waals surface area contributed by atoms with Gasteiger partial charge in [0.25, 0.3) is 0 Å². The van der Waals surface area contributed by atoms with Gasteiger partial charge in [0.1, 0.15) is 0 Å². The zero-order valence-electron chi connectivity index (χ0n) is 17.4. The molecule has 2 saturated carbocycles. The largest absolute Gasteiger partial charge is 0.481 e. The van der Waals surface area contributed by atoms with Crippen molar-refractivity contribution >= 4 is 11.8 Å². The second-order valence-corrected chi connectivity index (χ2v) is 10.3. The monoisotopic (exact) mass is 386 g/mol. The Morgan fingerprint density at radius 2 is 2.04 bits per heavy atom. The number of carboxylic acids is 1. The lowest BCUT2D eigenvalue weighted by Gasteiger charge is -2.52. The summed E-state index contributed by atoms with van der Waals surface area (Å²) in [5.74, 6) is 0.681. The maximum Gasteiger partial charge on any atom is 0.303 e. The lowest BCUT2D eigenvalue weighted by Crippen LogP contribution is -2.48. The standard InChI is InChI=1S/C24H34O4/c1-14(4-9-22(27)28)18-7-8-19-17-6-5-15-12-16(25)10-11-23(15,2)20(17)13-21(26)24(18,19)3/h6,13-16,18-19,25H,4-5,7-12H2,1-3H3,(H,27,28)/t14-,15-,16-,18+,19-,23+,24+/m1/s1. The summed E-state index contributed by atoms with van der Waals surface area (Å²) in [5.41, 5.74) is 2.25. The van der Waals surface area contributed by atoms with Crippen LogP contribution in [0.3, 0.4) is 0 Å². The first kappa shape index (κ1) is 19.9. The zero-order valence-corrected chi connectivity index (χ0v) is 17.4. The molecule has 0 amide bonds. The fourth-order valence-corrected chi connectivity index (χ4v) is 7.13. The number of fused-ring (bicyclic) bond motifs is 5. The summed E-state index contributed by atoms with van der Waals surface area (Å²) in [4.78, 5) is 24.5. The number of carboxylic acid groups (broad SMARTS) is 1. The number of ketones is 1. The fraction of sp³-hybridized carbons (Fsp3) is 0.750. The van der Waals surface area contributed by atoms with E-state index in [0.717, 1.165) is 38.5 Å². The second kappa shape index (κ2) is 6.83. The van der Waals surface area contributed by atoms with Gasteiger partial charge in [-0.25, -0.2) is 0 Å².